The zero-order valence-corrected chi connectivity index (χ0v) is 18.1. The zero-order chi connectivity index (χ0) is 20.4. The molecule has 0 spiro atoms. The van der Waals surface area contributed by atoms with Crippen molar-refractivity contribution in [2.24, 2.45) is 0 Å². The smallest absolute Gasteiger partial charge is 0.237 e. The molecule has 1 unspecified atom stereocenters. The fourth-order valence-electron chi connectivity index (χ4n) is 4.84. The Labute approximate surface area is 174 Å². The van der Waals surface area contributed by atoms with Gasteiger partial charge in [-0.2, -0.15) is 0 Å². The van der Waals surface area contributed by atoms with Gasteiger partial charge in [-0.3, -0.25) is 9.69 Å². The minimum atomic E-state index is -3.01. The Bertz CT molecular complexity index is 814. The highest BCUT2D eigenvalue weighted by molar-refractivity contribution is 7.91. The topological polar surface area (TPSA) is 66.9 Å². The van der Waals surface area contributed by atoms with Gasteiger partial charge < -0.3 is 9.64 Å². The van der Waals surface area contributed by atoms with Crippen LogP contribution in [0.3, 0.4) is 0 Å². The number of ether oxygens (including phenoxy) is 1. The molecule has 0 radical (unpaired) electrons. The van der Waals surface area contributed by atoms with Crippen LogP contribution in [0, 0.1) is 0 Å². The van der Waals surface area contributed by atoms with Crippen LogP contribution >= 0.6 is 0 Å². The molecule has 3 fully saturated rings. The van der Waals surface area contributed by atoms with Crippen LogP contribution in [-0.4, -0.2) is 67.4 Å². The number of carbonyl (C=O) groups is 1. The van der Waals surface area contributed by atoms with Crippen LogP contribution in [0.25, 0.3) is 0 Å². The lowest BCUT2D eigenvalue weighted by atomic mass is 10.1. The van der Waals surface area contributed by atoms with E-state index in [0.717, 1.165) is 37.0 Å². The van der Waals surface area contributed by atoms with E-state index in [0.29, 0.717) is 31.6 Å². The molecule has 1 heterocycles. The molecular formula is C22H32N2O4S. The number of amides is 1. The van der Waals surface area contributed by atoms with Crippen LogP contribution < -0.4 is 4.74 Å². The molecule has 0 aromatic heterocycles. The Balaban J connectivity index is 1.50. The normalized spacial score (nSPS) is 24.1. The van der Waals surface area contributed by atoms with Crippen molar-refractivity contribution in [2.45, 2.75) is 69.6 Å². The predicted molar refractivity (Wildman–Crippen MR) is 113 cm³/mol. The highest BCUT2D eigenvalue weighted by Gasteiger charge is 2.40. The molecule has 29 heavy (non-hydrogen) atoms. The maximum atomic E-state index is 13.3. The molecule has 7 heteroatoms. The zero-order valence-electron chi connectivity index (χ0n) is 17.3. The molecule has 1 amide bonds. The van der Waals surface area contributed by atoms with E-state index in [1.54, 1.807) is 7.11 Å². The van der Waals surface area contributed by atoms with E-state index in [4.69, 9.17) is 4.74 Å². The lowest BCUT2D eigenvalue weighted by molar-refractivity contribution is -0.136. The summed E-state index contributed by atoms with van der Waals surface area (Å²) >= 11 is 0. The van der Waals surface area contributed by atoms with Gasteiger partial charge in [0, 0.05) is 24.7 Å². The van der Waals surface area contributed by atoms with E-state index < -0.39 is 9.84 Å². The minimum absolute atomic E-state index is 0.0873. The number of methoxy groups -OCH3 is 1. The van der Waals surface area contributed by atoms with Crippen molar-refractivity contribution >= 4 is 15.7 Å². The Morgan fingerprint density at radius 3 is 2.21 bits per heavy atom. The Morgan fingerprint density at radius 2 is 1.66 bits per heavy atom. The second-order valence-electron chi connectivity index (χ2n) is 8.78. The lowest BCUT2D eigenvalue weighted by Crippen LogP contribution is -2.48. The summed E-state index contributed by atoms with van der Waals surface area (Å²) in [5.74, 6) is 1.35. The molecule has 6 nitrogen and oxygen atoms in total. The van der Waals surface area contributed by atoms with E-state index in [9.17, 15) is 13.2 Å². The molecule has 0 N–H and O–H groups in total. The van der Waals surface area contributed by atoms with Crippen molar-refractivity contribution in [3.8, 4) is 5.75 Å². The second kappa shape index (κ2) is 8.64. The van der Waals surface area contributed by atoms with Crippen LogP contribution in [0.1, 0.15) is 50.5 Å². The monoisotopic (exact) mass is 420 g/mol. The first-order chi connectivity index (χ1) is 13.9. The molecule has 1 aromatic rings. The van der Waals surface area contributed by atoms with Gasteiger partial charge in [0.25, 0.3) is 0 Å². The van der Waals surface area contributed by atoms with E-state index >= 15 is 0 Å². The van der Waals surface area contributed by atoms with Gasteiger partial charge in [0.15, 0.2) is 9.84 Å². The van der Waals surface area contributed by atoms with Crippen LogP contribution in [0.15, 0.2) is 24.3 Å². The Hall–Kier alpha value is -1.60. The van der Waals surface area contributed by atoms with E-state index in [2.05, 4.69) is 9.80 Å². The molecule has 1 atom stereocenters. The maximum absolute atomic E-state index is 13.3. The first-order valence-corrected chi connectivity index (χ1v) is 12.7. The third-order valence-corrected chi connectivity index (χ3v) is 8.30. The van der Waals surface area contributed by atoms with Crippen molar-refractivity contribution in [3.63, 3.8) is 0 Å². The number of hydrogen-bond donors (Lipinski definition) is 0. The fraction of sp³-hybridized carbons (Fsp3) is 0.682. The highest BCUT2D eigenvalue weighted by Crippen LogP contribution is 2.35. The lowest BCUT2D eigenvalue weighted by Gasteiger charge is -2.34. The first kappa shape index (κ1) is 20.7. The van der Waals surface area contributed by atoms with Gasteiger partial charge in [-0.1, -0.05) is 25.0 Å². The minimum Gasteiger partial charge on any atom is -0.497 e. The van der Waals surface area contributed by atoms with Crippen LogP contribution in [0.4, 0.5) is 0 Å². The quantitative estimate of drug-likeness (QED) is 0.647. The number of rotatable bonds is 8. The van der Waals surface area contributed by atoms with Crippen molar-refractivity contribution in [1.29, 1.82) is 0 Å². The van der Waals surface area contributed by atoms with Gasteiger partial charge in [-0.25, -0.2) is 8.42 Å². The molecule has 160 valence electrons. The van der Waals surface area contributed by atoms with Crippen molar-refractivity contribution in [2.75, 3.05) is 25.2 Å². The van der Waals surface area contributed by atoms with Gasteiger partial charge in [-0.15, -0.1) is 0 Å². The number of sulfone groups is 1. The number of nitrogens with zero attached hydrogens (tertiary/aromatic N) is 2. The number of carbonyl (C=O) groups excluding carboxylic acids is 1. The van der Waals surface area contributed by atoms with Crippen LogP contribution in [-0.2, 0) is 21.2 Å². The summed E-state index contributed by atoms with van der Waals surface area (Å²) in [6, 6.07) is 8.51. The molecule has 2 saturated carbocycles. The van der Waals surface area contributed by atoms with E-state index in [1.807, 2.05) is 24.3 Å². The van der Waals surface area contributed by atoms with E-state index in [1.165, 1.54) is 12.8 Å². The van der Waals surface area contributed by atoms with Gasteiger partial charge >= 0.3 is 0 Å². The second-order valence-corrected chi connectivity index (χ2v) is 11.0. The van der Waals surface area contributed by atoms with Crippen LogP contribution in [0.5, 0.6) is 5.75 Å². The molecule has 1 saturated heterocycles. The summed E-state index contributed by atoms with van der Waals surface area (Å²) < 4.78 is 29.4. The van der Waals surface area contributed by atoms with Gasteiger partial charge in [0.2, 0.25) is 5.91 Å². The van der Waals surface area contributed by atoms with Crippen molar-refractivity contribution in [3.05, 3.63) is 29.8 Å². The summed E-state index contributed by atoms with van der Waals surface area (Å²) in [7, 11) is -1.37. The molecule has 1 aliphatic heterocycles. The van der Waals surface area contributed by atoms with Crippen molar-refractivity contribution in [1.82, 2.24) is 9.80 Å². The molecule has 1 aromatic carbocycles. The Kier molecular flexibility index (Phi) is 6.16. The molecule has 3 aliphatic rings. The number of hydrogen-bond acceptors (Lipinski definition) is 5. The van der Waals surface area contributed by atoms with Gasteiger partial charge in [0.1, 0.15) is 5.75 Å². The predicted octanol–water partition coefficient (Wildman–Crippen LogP) is 2.62. The molecule has 2 aliphatic carbocycles. The summed E-state index contributed by atoms with van der Waals surface area (Å²) in [6.07, 6.45) is 7.46. The third kappa shape index (κ3) is 5.12. The SMILES string of the molecule is COc1ccc(CN(CC(=O)N(C2CCCC2)C2CC2)C2CCS(=O)(=O)C2)cc1. The maximum Gasteiger partial charge on any atom is 0.237 e. The van der Waals surface area contributed by atoms with Crippen molar-refractivity contribution < 1.29 is 17.9 Å². The summed E-state index contributed by atoms with van der Waals surface area (Å²) in [5, 5.41) is 0. The Morgan fingerprint density at radius 1 is 1.00 bits per heavy atom. The largest absolute Gasteiger partial charge is 0.497 e. The summed E-state index contributed by atoms with van der Waals surface area (Å²) in [4.78, 5) is 17.6. The fourth-order valence-corrected chi connectivity index (χ4v) is 6.60. The van der Waals surface area contributed by atoms with Crippen LogP contribution in [0.2, 0.25) is 0 Å². The molecule has 4 rings (SSSR count). The average Bonchev–Trinajstić information content (AvgIpc) is 3.24. The first-order valence-electron chi connectivity index (χ1n) is 10.8. The van der Waals surface area contributed by atoms with E-state index in [-0.39, 0.29) is 23.5 Å². The summed E-state index contributed by atoms with van der Waals surface area (Å²) in [6.45, 7) is 0.887. The third-order valence-electron chi connectivity index (χ3n) is 6.55. The average molecular weight is 421 g/mol. The van der Waals surface area contributed by atoms with Gasteiger partial charge in [-0.05, 0) is 49.8 Å². The molecule has 0 bridgehead atoms. The summed E-state index contributed by atoms with van der Waals surface area (Å²) in [5.41, 5.74) is 1.07. The number of benzene rings is 1. The highest BCUT2D eigenvalue weighted by atomic mass is 32.2. The molecular weight excluding hydrogens is 388 g/mol. The van der Waals surface area contributed by atoms with Gasteiger partial charge in [0.05, 0.1) is 25.2 Å². The standard InChI is InChI=1S/C22H32N2O4S/c1-28-21-10-6-17(7-11-21)14-23(20-12-13-29(26,27)16-20)15-22(25)24(19-8-9-19)18-4-2-3-5-18/h6-7,10-11,18-20H,2-5,8-9,12-16H2,1H3.